The summed E-state index contributed by atoms with van der Waals surface area (Å²) in [5.41, 5.74) is 1.90. The van der Waals surface area contributed by atoms with Crippen molar-refractivity contribution in [2.24, 2.45) is 11.8 Å². The summed E-state index contributed by atoms with van der Waals surface area (Å²) in [6.07, 6.45) is 2.38. The summed E-state index contributed by atoms with van der Waals surface area (Å²) < 4.78 is 0. The maximum atomic E-state index is 11.1. The van der Waals surface area contributed by atoms with Crippen molar-refractivity contribution in [2.45, 2.75) is 90.1 Å². The highest BCUT2D eigenvalue weighted by Crippen LogP contribution is 2.47. The monoisotopic (exact) mass is 310 g/mol. The van der Waals surface area contributed by atoms with Gasteiger partial charge < -0.3 is 10.2 Å². The molecule has 0 saturated heterocycles. The second-order valence-corrected chi connectivity index (χ2v) is 12.4. The second-order valence-electron chi connectivity index (χ2n) is 7.50. The third-order valence-corrected chi connectivity index (χ3v) is 10.7. The normalized spacial score (nSPS) is 30.1. The smallest absolute Gasteiger partial charge is 0.137 e. The van der Waals surface area contributed by atoms with Gasteiger partial charge in [0.1, 0.15) is 8.07 Å². The molecule has 3 heteroatoms. The molecule has 2 nitrogen and oxygen atoms in total. The molecule has 0 aliphatic heterocycles. The number of aliphatic hydroxyl groups is 2. The van der Waals surface area contributed by atoms with Gasteiger partial charge in [0, 0.05) is 12.3 Å². The van der Waals surface area contributed by atoms with Crippen LogP contribution in [0.3, 0.4) is 0 Å². The van der Waals surface area contributed by atoms with Gasteiger partial charge in [-0.2, -0.15) is 0 Å². The first kappa shape index (κ1) is 18.7. The zero-order valence-electron chi connectivity index (χ0n) is 14.8. The van der Waals surface area contributed by atoms with Crippen molar-refractivity contribution in [2.75, 3.05) is 0 Å². The minimum Gasteiger partial charge on any atom is -0.390 e. The number of hydrogen-bond acceptors (Lipinski definition) is 2. The molecule has 0 bridgehead atoms. The van der Waals surface area contributed by atoms with Gasteiger partial charge in [-0.25, -0.2) is 0 Å². The van der Waals surface area contributed by atoms with E-state index in [4.69, 9.17) is 0 Å². The topological polar surface area (TPSA) is 40.5 Å². The van der Waals surface area contributed by atoms with Crippen LogP contribution in [0.5, 0.6) is 0 Å². The van der Waals surface area contributed by atoms with Crippen LogP contribution in [0.2, 0.25) is 18.1 Å². The average molecular weight is 311 g/mol. The van der Waals surface area contributed by atoms with Gasteiger partial charge in [-0.05, 0) is 50.7 Å². The van der Waals surface area contributed by atoms with E-state index in [-0.39, 0.29) is 11.8 Å². The van der Waals surface area contributed by atoms with Crippen molar-refractivity contribution in [3.8, 4) is 11.5 Å². The fourth-order valence-corrected chi connectivity index (χ4v) is 6.40. The zero-order chi connectivity index (χ0) is 16.3. The van der Waals surface area contributed by atoms with Crippen LogP contribution in [0.25, 0.3) is 0 Å². The van der Waals surface area contributed by atoms with Gasteiger partial charge in [-0.15, -0.1) is 11.5 Å². The lowest BCUT2D eigenvalue weighted by molar-refractivity contribution is -0.106. The Hall–Kier alpha value is -0.303. The first-order valence-electron chi connectivity index (χ1n) is 8.60. The Labute approximate surface area is 132 Å². The highest BCUT2D eigenvalue weighted by atomic mass is 28.3. The minimum atomic E-state index is -1.45. The van der Waals surface area contributed by atoms with Crippen LogP contribution in [-0.2, 0) is 0 Å². The first-order chi connectivity index (χ1) is 9.65. The standard InChI is InChI=1S/C18H34O2Si/c1-7-21(8-2,9-3)14-10-13-18(20)15(4)11-12-16(18)17(5,6)19/h15-16,19-20H,7-9,11-13H2,1-6H3/t15-,16-,18+/m0/s1. The molecule has 2 N–H and O–H groups in total. The van der Waals surface area contributed by atoms with Gasteiger partial charge in [0.05, 0.1) is 11.2 Å². The summed E-state index contributed by atoms with van der Waals surface area (Å²) >= 11 is 0. The predicted molar refractivity (Wildman–Crippen MR) is 92.7 cm³/mol. The lowest BCUT2D eigenvalue weighted by Crippen LogP contribution is -2.48. The minimum absolute atomic E-state index is 0.0738. The number of rotatable bonds is 5. The summed E-state index contributed by atoms with van der Waals surface area (Å²) in [6.45, 7) is 12.5. The van der Waals surface area contributed by atoms with Crippen molar-refractivity contribution < 1.29 is 10.2 Å². The third kappa shape index (κ3) is 3.91. The molecule has 0 aromatic rings. The molecule has 0 aromatic carbocycles. The van der Waals surface area contributed by atoms with E-state index in [1.807, 2.05) is 13.8 Å². The lowest BCUT2D eigenvalue weighted by atomic mass is 9.75. The quantitative estimate of drug-likeness (QED) is 0.596. The van der Waals surface area contributed by atoms with Crippen molar-refractivity contribution in [3.05, 3.63) is 0 Å². The molecule has 1 aliphatic carbocycles. The Bertz CT molecular complexity index is 389. The Kier molecular flexibility index (Phi) is 6.12. The van der Waals surface area contributed by atoms with Gasteiger partial charge in [0.2, 0.25) is 0 Å². The van der Waals surface area contributed by atoms with Gasteiger partial charge in [0.15, 0.2) is 0 Å². The molecule has 0 radical (unpaired) electrons. The maximum absolute atomic E-state index is 11.1. The second kappa shape index (κ2) is 6.85. The lowest BCUT2D eigenvalue weighted by Gasteiger charge is -2.39. The molecule has 3 atom stereocenters. The van der Waals surface area contributed by atoms with E-state index >= 15 is 0 Å². The molecule has 122 valence electrons. The van der Waals surface area contributed by atoms with Gasteiger partial charge >= 0.3 is 0 Å². The fraction of sp³-hybridized carbons (Fsp3) is 0.889. The zero-order valence-corrected chi connectivity index (χ0v) is 15.8. The number of hydrogen-bond donors (Lipinski definition) is 2. The van der Waals surface area contributed by atoms with Crippen molar-refractivity contribution in [1.29, 1.82) is 0 Å². The summed E-state index contributed by atoms with van der Waals surface area (Å²) in [5, 5.41) is 21.5. The van der Waals surface area contributed by atoms with Crippen LogP contribution in [0.15, 0.2) is 0 Å². The predicted octanol–water partition coefficient (Wildman–Crippen LogP) is 3.98. The van der Waals surface area contributed by atoms with E-state index in [0.29, 0.717) is 6.42 Å². The molecule has 1 saturated carbocycles. The average Bonchev–Trinajstić information content (AvgIpc) is 2.72. The van der Waals surface area contributed by atoms with Crippen LogP contribution in [0, 0.1) is 23.3 Å². The van der Waals surface area contributed by atoms with Crippen molar-refractivity contribution in [3.63, 3.8) is 0 Å². The van der Waals surface area contributed by atoms with Gasteiger partial charge in [0.25, 0.3) is 0 Å². The molecule has 0 amide bonds. The van der Waals surface area contributed by atoms with Crippen LogP contribution in [-0.4, -0.2) is 29.5 Å². The Morgan fingerprint density at radius 2 is 1.67 bits per heavy atom. The first-order valence-corrected chi connectivity index (χ1v) is 11.2. The molecule has 0 aromatic heterocycles. The van der Waals surface area contributed by atoms with E-state index in [2.05, 4.69) is 39.2 Å². The summed E-state index contributed by atoms with van der Waals surface area (Å²) in [5.74, 6) is 3.48. The van der Waals surface area contributed by atoms with E-state index in [1.54, 1.807) is 0 Å². The molecule has 0 unspecified atom stereocenters. The van der Waals surface area contributed by atoms with E-state index in [9.17, 15) is 10.2 Å². The van der Waals surface area contributed by atoms with Crippen LogP contribution in [0.1, 0.15) is 60.8 Å². The van der Waals surface area contributed by atoms with E-state index in [0.717, 1.165) is 12.8 Å². The summed E-state index contributed by atoms with van der Waals surface area (Å²) in [4.78, 5) is 0. The maximum Gasteiger partial charge on any atom is 0.137 e. The molecule has 0 spiro atoms. The Morgan fingerprint density at radius 3 is 2.10 bits per heavy atom. The largest absolute Gasteiger partial charge is 0.390 e. The molecule has 0 heterocycles. The summed E-state index contributed by atoms with van der Waals surface area (Å²) in [6, 6.07) is 3.57. The fourth-order valence-electron chi connectivity index (χ4n) is 3.91. The SMILES string of the molecule is CC[Si](C#CC[C@@]1(O)[C@@H](C)CC[C@H]1C(C)(C)O)(CC)CC. The Morgan fingerprint density at radius 1 is 1.14 bits per heavy atom. The van der Waals surface area contributed by atoms with E-state index < -0.39 is 19.3 Å². The van der Waals surface area contributed by atoms with Crippen LogP contribution >= 0.6 is 0 Å². The molecular formula is C18H34O2Si. The molecule has 1 aliphatic rings. The highest BCUT2D eigenvalue weighted by Gasteiger charge is 2.51. The van der Waals surface area contributed by atoms with Crippen LogP contribution in [0.4, 0.5) is 0 Å². The van der Waals surface area contributed by atoms with Crippen LogP contribution < -0.4 is 0 Å². The van der Waals surface area contributed by atoms with Crippen molar-refractivity contribution in [1.82, 2.24) is 0 Å². The Balaban J connectivity index is 2.94. The third-order valence-electron chi connectivity index (χ3n) is 5.95. The molecule has 21 heavy (non-hydrogen) atoms. The molecular weight excluding hydrogens is 276 g/mol. The van der Waals surface area contributed by atoms with Gasteiger partial charge in [-0.3, -0.25) is 0 Å². The van der Waals surface area contributed by atoms with Gasteiger partial charge in [-0.1, -0.05) is 27.7 Å². The highest BCUT2D eigenvalue weighted by molar-refractivity contribution is 6.87. The molecule has 1 rings (SSSR count). The van der Waals surface area contributed by atoms with Crippen molar-refractivity contribution >= 4 is 8.07 Å². The molecule has 1 fully saturated rings. The summed E-state index contributed by atoms with van der Waals surface area (Å²) in [7, 11) is -1.45. The van der Waals surface area contributed by atoms with E-state index in [1.165, 1.54) is 18.1 Å².